The minimum atomic E-state index is -0.726. The van der Waals surface area contributed by atoms with E-state index in [0.29, 0.717) is 34.1 Å². The number of amides is 1. The SMILES string of the molecule is C[C@@H](Oc1ccc(C(=O)c2ccccc2)cc1)C(=O)Nc1ccc2c(c1)OCO2. The van der Waals surface area contributed by atoms with Gasteiger partial charge in [0.1, 0.15) is 5.75 Å². The number of carbonyl (C=O) groups is 2. The summed E-state index contributed by atoms with van der Waals surface area (Å²) in [6, 6.07) is 21.0. The standard InChI is InChI=1S/C23H19NO5/c1-15(23(26)24-18-9-12-20-21(13-18)28-14-27-20)29-19-10-7-17(8-11-19)22(25)16-5-3-2-4-6-16/h2-13,15H,14H2,1H3,(H,24,26)/t15-/m1/s1. The van der Waals surface area contributed by atoms with Crippen molar-refractivity contribution in [3.8, 4) is 17.2 Å². The number of hydrogen-bond acceptors (Lipinski definition) is 5. The van der Waals surface area contributed by atoms with Gasteiger partial charge in [-0.15, -0.1) is 0 Å². The van der Waals surface area contributed by atoms with E-state index >= 15 is 0 Å². The second-order valence-electron chi connectivity index (χ2n) is 6.54. The Morgan fingerprint density at radius 3 is 2.34 bits per heavy atom. The van der Waals surface area contributed by atoms with Crippen molar-refractivity contribution in [2.75, 3.05) is 12.1 Å². The third kappa shape index (κ3) is 4.21. The van der Waals surface area contributed by atoms with Gasteiger partial charge in [0, 0.05) is 22.9 Å². The molecule has 1 N–H and O–H groups in total. The molecule has 1 aliphatic heterocycles. The summed E-state index contributed by atoms with van der Waals surface area (Å²) >= 11 is 0. The first kappa shape index (κ1) is 18.6. The van der Waals surface area contributed by atoms with Gasteiger partial charge in [0.25, 0.3) is 5.91 Å². The Balaban J connectivity index is 1.37. The van der Waals surface area contributed by atoms with Gasteiger partial charge >= 0.3 is 0 Å². The van der Waals surface area contributed by atoms with Gasteiger partial charge in [-0.25, -0.2) is 0 Å². The maximum Gasteiger partial charge on any atom is 0.265 e. The number of anilines is 1. The zero-order valence-corrected chi connectivity index (χ0v) is 15.8. The molecule has 3 aromatic rings. The molecule has 1 amide bonds. The summed E-state index contributed by atoms with van der Waals surface area (Å²) in [5.74, 6) is 1.38. The van der Waals surface area contributed by atoms with Gasteiger partial charge in [0.05, 0.1) is 0 Å². The highest BCUT2D eigenvalue weighted by atomic mass is 16.7. The van der Waals surface area contributed by atoms with Crippen LogP contribution in [-0.2, 0) is 4.79 Å². The average molecular weight is 389 g/mol. The lowest BCUT2D eigenvalue weighted by molar-refractivity contribution is -0.122. The number of hydrogen-bond donors (Lipinski definition) is 1. The number of fused-ring (bicyclic) bond motifs is 1. The minimum absolute atomic E-state index is 0.0641. The summed E-state index contributed by atoms with van der Waals surface area (Å²) in [4.78, 5) is 24.9. The van der Waals surface area contributed by atoms with Crippen LogP contribution in [0.2, 0.25) is 0 Å². The van der Waals surface area contributed by atoms with E-state index in [2.05, 4.69) is 5.32 Å². The van der Waals surface area contributed by atoms with E-state index in [-0.39, 0.29) is 18.5 Å². The summed E-state index contributed by atoms with van der Waals surface area (Å²) in [6.07, 6.45) is -0.726. The van der Waals surface area contributed by atoms with Crippen molar-refractivity contribution in [1.82, 2.24) is 0 Å². The van der Waals surface area contributed by atoms with Crippen LogP contribution in [-0.4, -0.2) is 24.6 Å². The predicted molar refractivity (Wildman–Crippen MR) is 108 cm³/mol. The number of nitrogens with one attached hydrogen (secondary N) is 1. The van der Waals surface area contributed by atoms with Crippen molar-refractivity contribution in [1.29, 1.82) is 0 Å². The van der Waals surface area contributed by atoms with Crippen LogP contribution < -0.4 is 19.5 Å². The summed E-state index contributed by atoms with van der Waals surface area (Å²) in [7, 11) is 0. The molecule has 1 aliphatic rings. The van der Waals surface area contributed by atoms with Gasteiger partial charge in [-0.2, -0.15) is 0 Å². The van der Waals surface area contributed by atoms with Crippen LogP contribution in [0.3, 0.4) is 0 Å². The van der Waals surface area contributed by atoms with Crippen molar-refractivity contribution in [3.63, 3.8) is 0 Å². The number of ketones is 1. The molecule has 1 atom stereocenters. The topological polar surface area (TPSA) is 73.9 Å². The number of ether oxygens (including phenoxy) is 3. The van der Waals surface area contributed by atoms with Crippen LogP contribution in [0.25, 0.3) is 0 Å². The fourth-order valence-electron chi connectivity index (χ4n) is 2.92. The van der Waals surface area contributed by atoms with Crippen molar-refractivity contribution >= 4 is 17.4 Å². The first-order valence-corrected chi connectivity index (χ1v) is 9.17. The Hall–Kier alpha value is -3.80. The molecular formula is C23H19NO5. The highest BCUT2D eigenvalue weighted by Crippen LogP contribution is 2.34. The first-order chi connectivity index (χ1) is 14.1. The molecule has 0 aromatic heterocycles. The van der Waals surface area contributed by atoms with Crippen molar-refractivity contribution < 1.29 is 23.8 Å². The van der Waals surface area contributed by atoms with Crippen LogP contribution in [0.15, 0.2) is 72.8 Å². The second kappa shape index (κ2) is 8.06. The smallest absolute Gasteiger partial charge is 0.265 e. The molecule has 0 saturated heterocycles. The predicted octanol–water partition coefficient (Wildman–Crippen LogP) is 4.05. The summed E-state index contributed by atoms with van der Waals surface area (Å²) in [5, 5.41) is 2.79. The van der Waals surface area contributed by atoms with Crippen molar-refractivity contribution in [3.05, 3.63) is 83.9 Å². The third-order valence-electron chi connectivity index (χ3n) is 4.47. The van der Waals surface area contributed by atoms with E-state index in [1.165, 1.54) is 0 Å². The fourth-order valence-corrected chi connectivity index (χ4v) is 2.92. The Kier molecular flexibility index (Phi) is 5.16. The normalized spacial score (nSPS) is 12.9. The molecule has 146 valence electrons. The second-order valence-corrected chi connectivity index (χ2v) is 6.54. The summed E-state index contributed by atoms with van der Waals surface area (Å²) < 4.78 is 16.3. The zero-order valence-electron chi connectivity index (χ0n) is 15.8. The molecule has 0 spiro atoms. The van der Waals surface area contributed by atoms with E-state index in [1.54, 1.807) is 61.5 Å². The molecule has 0 bridgehead atoms. The Bertz CT molecular complexity index is 1030. The molecule has 0 aliphatic carbocycles. The van der Waals surface area contributed by atoms with Gasteiger partial charge in [-0.1, -0.05) is 30.3 Å². The Morgan fingerprint density at radius 1 is 0.897 bits per heavy atom. The molecule has 1 heterocycles. The highest BCUT2D eigenvalue weighted by molar-refractivity contribution is 6.09. The van der Waals surface area contributed by atoms with E-state index < -0.39 is 6.10 Å². The van der Waals surface area contributed by atoms with Crippen molar-refractivity contribution in [2.45, 2.75) is 13.0 Å². The number of benzene rings is 3. The van der Waals surface area contributed by atoms with E-state index in [9.17, 15) is 9.59 Å². The summed E-state index contributed by atoms with van der Waals surface area (Å²) in [5.41, 5.74) is 1.78. The van der Waals surface area contributed by atoms with Crippen LogP contribution in [0, 0.1) is 0 Å². The van der Waals surface area contributed by atoms with E-state index in [4.69, 9.17) is 14.2 Å². The lowest BCUT2D eigenvalue weighted by Gasteiger charge is -2.15. The summed E-state index contributed by atoms with van der Waals surface area (Å²) in [6.45, 7) is 1.83. The van der Waals surface area contributed by atoms with Gasteiger partial charge in [-0.05, 0) is 43.3 Å². The quantitative estimate of drug-likeness (QED) is 0.644. The van der Waals surface area contributed by atoms with E-state index in [1.807, 2.05) is 18.2 Å². The molecule has 6 heteroatoms. The number of carbonyl (C=O) groups excluding carboxylic acids is 2. The largest absolute Gasteiger partial charge is 0.481 e. The van der Waals surface area contributed by atoms with Gasteiger partial charge in [0.15, 0.2) is 23.4 Å². The van der Waals surface area contributed by atoms with Crippen LogP contribution in [0.4, 0.5) is 5.69 Å². The monoisotopic (exact) mass is 389 g/mol. The lowest BCUT2D eigenvalue weighted by atomic mass is 10.0. The minimum Gasteiger partial charge on any atom is -0.481 e. The van der Waals surface area contributed by atoms with Crippen LogP contribution in [0.1, 0.15) is 22.8 Å². The Labute approximate surface area is 168 Å². The molecular weight excluding hydrogens is 370 g/mol. The molecule has 0 unspecified atom stereocenters. The molecule has 4 rings (SSSR count). The van der Waals surface area contributed by atoms with Crippen LogP contribution in [0.5, 0.6) is 17.2 Å². The zero-order chi connectivity index (χ0) is 20.2. The molecule has 6 nitrogen and oxygen atoms in total. The van der Waals surface area contributed by atoms with Crippen LogP contribution >= 0.6 is 0 Å². The fraction of sp³-hybridized carbons (Fsp3) is 0.130. The Morgan fingerprint density at radius 2 is 1.59 bits per heavy atom. The third-order valence-corrected chi connectivity index (χ3v) is 4.47. The molecule has 0 fully saturated rings. The lowest BCUT2D eigenvalue weighted by Crippen LogP contribution is -2.30. The average Bonchev–Trinajstić information content (AvgIpc) is 3.22. The maximum atomic E-state index is 12.4. The highest BCUT2D eigenvalue weighted by Gasteiger charge is 2.18. The van der Waals surface area contributed by atoms with Gasteiger partial charge in [-0.3, -0.25) is 9.59 Å². The maximum absolute atomic E-state index is 12.4. The molecule has 0 saturated carbocycles. The molecule has 29 heavy (non-hydrogen) atoms. The van der Waals surface area contributed by atoms with E-state index in [0.717, 1.165) is 0 Å². The number of rotatable bonds is 6. The first-order valence-electron chi connectivity index (χ1n) is 9.17. The van der Waals surface area contributed by atoms with Gasteiger partial charge in [0.2, 0.25) is 6.79 Å². The van der Waals surface area contributed by atoms with Crippen molar-refractivity contribution in [2.24, 2.45) is 0 Å². The molecule has 0 radical (unpaired) electrons. The van der Waals surface area contributed by atoms with Gasteiger partial charge < -0.3 is 19.5 Å². The molecule has 3 aromatic carbocycles.